The number of amides is 1. The Morgan fingerprint density at radius 1 is 1.24 bits per heavy atom. The highest BCUT2D eigenvalue weighted by Crippen LogP contribution is 2.07. The third-order valence-corrected chi connectivity index (χ3v) is 3.25. The Labute approximate surface area is 125 Å². The van der Waals surface area contributed by atoms with Crippen molar-refractivity contribution in [3.8, 4) is 0 Å². The largest absolute Gasteiger partial charge is 0.480 e. The molecule has 1 aromatic rings. The number of carbonyl (C=O) groups is 2. The predicted octanol–water partition coefficient (Wildman–Crippen LogP) is 1.56. The molecule has 1 rings (SSSR count). The average molecular weight is 292 g/mol. The Morgan fingerprint density at radius 3 is 2.38 bits per heavy atom. The molecule has 0 bridgehead atoms. The van der Waals surface area contributed by atoms with Crippen LogP contribution in [0.25, 0.3) is 0 Å². The topological polar surface area (TPSA) is 92.4 Å². The second kappa shape index (κ2) is 8.42. The minimum absolute atomic E-state index is 0.187. The van der Waals surface area contributed by atoms with Crippen LogP contribution in [0.5, 0.6) is 0 Å². The number of hydrogen-bond acceptors (Lipinski definition) is 3. The molecule has 116 valence electrons. The summed E-state index contributed by atoms with van der Waals surface area (Å²) in [7, 11) is 0. The molecule has 0 saturated heterocycles. The summed E-state index contributed by atoms with van der Waals surface area (Å²) in [5.41, 5.74) is 6.95. The number of aryl methyl sites for hydroxylation is 1. The van der Waals surface area contributed by atoms with Crippen molar-refractivity contribution in [2.24, 2.45) is 11.7 Å². The van der Waals surface area contributed by atoms with Crippen molar-refractivity contribution in [1.29, 1.82) is 0 Å². The Morgan fingerprint density at radius 2 is 1.86 bits per heavy atom. The monoisotopic (exact) mass is 292 g/mol. The van der Waals surface area contributed by atoms with Crippen LogP contribution in [0.4, 0.5) is 0 Å². The van der Waals surface area contributed by atoms with Crippen molar-refractivity contribution in [3.05, 3.63) is 35.9 Å². The number of nitrogens with one attached hydrogen (secondary N) is 1. The minimum Gasteiger partial charge on any atom is -0.480 e. The first-order valence-corrected chi connectivity index (χ1v) is 7.22. The van der Waals surface area contributed by atoms with E-state index in [-0.39, 0.29) is 5.92 Å². The lowest BCUT2D eigenvalue weighted by Gasteiger charge is -2.19. The summed E-state index contributed by atoms with van der Waals surface area (Å²) in [6.07, 6.45) is 1.58. The molecule has 21 heavy (non-hydrogen) atoms. The van der Waals surface area contributed by atoms with Crippen LogP contribution in [0.2, 0.25) is 0 Å². The van der Waals surface area contributed by atoms with Crippen LogP contribution < -0.4 is 11.1 Å². The van der Waals surface area contributed by atoms with E-state index in [0.29, 0.717) is 19.3 Å². The number of nitrogens with two attached hydrogens (primary N) is 1. The van der Waals surface area contributed by atoms with E-state index in [2.05, 4.69) is 5.32 Å². The number of carboxylic acid groups (broad SMARTS) is 1. The smallest absolute Gasteiger partial charge is 0.326 e. The van der Waals surface area contributed by atoms with Crippen LogP contribution in [0.3, 0.4) is 0 Å². The van der Waals surface area contributed by atoms with Gasteiger partial charge in [-0.1, -0.05) is 44.2 Å². The normalized spacial score (nSPS) is 13.7. The molecule has 1 amide bonds. The van der Waals surface area contributed by atoms with Gasteiger partial charge in [0.15, 0.2) is 0 Å². The van der Waals surface area contributed by atoms with Crippen molar-refractivity contribution in [2.75, 3.05) is 0 Å². The molecule has 0 heterocycles. The second-order valence-electron chi connectivity index (χ2n) is 5.66. The lowest BCUT2D eigenvalue weighted by molar-refractivity contribution is -0.142. The summed E-state index contributed by atoms with van der Waals surface area (Å²) in [4.78, 5) is 23.1. The van der Waals surface area contributed by atoms with Crippen LogP contribution in [0.15, 0.2) is 30.3 Å². The Balaban J connectivity index is 2.47. The summed E-state index contributed by atoms with van der Waals surface area (Å²) in [6.45, 7) is 3.83. The van der Waals surface area contributed by atoms with Gasteiger partial charge in [0.05, 0.1) is 6.04 Å². The molecule has 0 aliphatic rings. The van der Waals surface area contributed by atoms with Crippen LogP contribution in [0, 0.1) is 5.92 Å². The quantitative estimate of drug-likeness (QED) is 0.678. The molecular weight excluding hydrogens is 268 g/mol. The van der Waals surface area contributed by atoms with Gasteiger partial charge in [0.25, 0.3) is 0 Å². The number of benzene rings is 1. The lowest BCUT2D eigenvalue weighted by atomic mass is 10.0. The van der Waals surface area contributed by atoms with E-state index in [0.717, 1.165) is 5.56 Å². The number of rotatable bonds is 8. The summed E-state index contributed by atoms with van der Waals surface area (Å²) in [5, 5.41) is 11.6. The highest BCUT2D eigenvalue weighted by atomic mass is 16.4. The molecule has 0 spiro atoms. The molecule has 0 aliphatic heterocycles. The van der Waals surface area contributed by atoms with Crippen LogP contribution in [-0.2, 0) is 16.0 Å². The van der Waals surface area contributed by atoms with Crippen LogP contribution in [-0.4, -0.2) is 29.1 Å². The zero-order valence-electron chi connectivity index (χ0n) is 12.6. The van der Waals surface area contributed by atoms with E-state index in [9.17, 15) is 9.59 Å². The molecule has 0 saturated carbocycles. The first-order valence-electron chi connectivity index (χ1n) is 7.22. The first kappa shape index (κ1) is 17.2. The molecular formula is C16H24N2O3. The van der Waals surface area contributed by atoms with Gasteiger partial charge in [-0.05, 0) is 30.7 Å². The van der Waals surface area contributed by atoms with E-state index in [4.69, 9.17) is 10.8 Å². The standard InChI is InChI=1S/C16H24N2O3/c1-11(2)10-14(16(20)21)18-15(19)13(17)9-8-12-6-4-3-5-7-12/h3-7,11,13-14H,8-10,17H2,1-2H3,(H,18,19)(H,20,21)/t13?,14-/m0/s1. The van der Waals surface area contributed by atoms with Crippen LogP contribution >= 0.6 is 0 Å². The van der Waals surface area contributed by atoms with Gasteiger partial charge in [-0.25, -0.2) is 4.79 Å². The van der Waals surface area contributed by atoms with Gasteiger partial charge in [0.1, 0.15) is 6.04 Å². The van der Waals surface area contributed by atoms with Crippen LogP contribution in [0.1, 0.15) is 32.3 Å². The van der Waals surface area contributed by atoms with Crippen molar-refractivity contribution >= 4 is 11.9 Å². The Bertz CT molecular complexity index is 460. The molecule has 5 heteroatoms. The van der Waals surface area contributed by atoms with Gasteiger partial charge >= 0.3 is 5.97 Å². The van der Waals surface area contributed by atoms with E-state index >= 15 is 0 Å². The zero-order valence-corrected chi connectivity index (χ0v) is 12.6. The molecule has 0 fully saturated rings. The zero-order chi connectivity index (χ0) is 15.8. The number of hydrogen-bond donors (Lipinski definition) is 3. The summed E-state index contributed by atoms with van der Waals surface area (Å²) in [6, 6.07) is 8.18. The average Bonchev–Trinajstić information content (AvgIpc) is 2.44. The van der Waals surface area contributed by atoms with E-state index < -0.39 is 24.0 Å². The fourth-order valence-corrected chi connectivity index (χ4v) is 2.07. The van der Waals surface area contributed by atoms with Gasteiger partial charge < -0.3 is 16.2 Å². The van der Waals surface area contributed by atoms with Gasteiger partial charge in [-0.2, -0.15) is 0 Å². The van der Waals surface area contributed by atoms with Gasteiger partial charge in [-0.15, -0.1) is 0 Å². The van der Waals surface area contributed by atoms with Crippen molar-refractivity contribution in [3.63, 3.8) is 0 Å². The highest BCUT2D eigenvalue weighted by Gasteiger charge is 2.23. The van der Waals surface area contributed by atoms with Crippen molar-refractivity contribution in [1.82, 2.24) is 5.32 Å². The SMILES string of the molecule is CC(C)C[C@H](NC(=O)C(N)CCc1ccccc1)C(=O)O. The van der Waals surface area contributed by atoms with Gasteiger partial charge in [-0.3, -0.25) is 4.79 Å². The maximum Gasteiger partial charge on any atom is 0.326 e. The lowest BCUT2D eigenvalue weighted by Crippen LogP contribution is -2.49. The number of aliphatic carboxylic acids is 1. The summed E-state index contributed by atoms with van der Waals surface area (Å²) < 4.78 is 0. The molecule has 4 N–H and O–H groups in total. The second-order valence-corrected chi connectivity index (χ2v) is 5.66. The third-order valence-electron chi connectivity index (χ3n) is 3.25. The molecule has 1 unspecified atom stereocenters. The third kappa shape index (κ3) is 6.40. The van der Waals surface area contributed by atoms with E-state index in [1.165, 1.54) is 0 Å². The van der Waals surface area contributed by atoms with Gasteiger partial charge in [0, 0.05) is 0 Å². The minimum atomic E-state index is -1.02. The number of carboxylic acids is 1. The highest BCUT2D eigenvalue weighted by molar-refractivity contribution is 5.86. The van der Waals surface area contributed by atoms with E-state index in [1.807, 2.05) is 44.2 Å². The maximum absolute atomic E-state index is 12.0. The molecule has 1 aromatic carbocycles. The number of carbonyl (C=O) groups excluding carboxylic acids is 1. The van der Waals surface area contributed by atoms with Gasteiger partial charge in [0.2, 0.25) is 5.91 Å². The Kier molecular flexibility index (Phi) is 6.88. The molecule has 5 nitrogen and oxygen atoms in total. The van der Waals surface area contributed by atoms with E-state index in [1.54, 1.807) is 0 Å². The molecule has 0 aliphatic carbocycles. The summed E-state index contributed by atoms with van der Waals surface area (Å²) in [5.74, 6) is -1.24. The predicted molar refractivity (Wildman–Crippen MR) is 81.8 cm³/mol. The van der Waals surface area contributed by atoms with Crippen molar-refractivity contribution in [2.45, 2.75) is 45.2 Å². The van der Waals surface area contributed by atoms with Crippen molar-refractivity contribution < 1.29 is 14.7 Å². The molecule has 2 atom stereocenters. The molecule has 0 radical (unpaired) electrons. The molecule has 0 aromatic heterocycles. The summed E-state index contributed by atoms with van der Waals surface area (Å²) >= 11 is 0. The first-order chi connectivity index (χ1) is 9.90. The fraction of sp³-hybridized carbons (Fsp3) is 0.500. The fourth-order valence-electron chi connectivity index (χ4n) is 2.07. The maximum atomic E-state index is 12.0. The Hall–Kier alpha value is -1.88.